The van der Waals surface area contributed by atoms with E-state index in [4.69, 9.17) is 11.5 Å². The van der Waals surface area contributed by atoms with Crippen LogP contribution in [0.5, 0.6) is 0 Å². The summed E-state index contributed by atoms with van der Waals surface area (Å²) in [4.78, 5) is 29.6. The fourth-order valence-corrected chi connectivity index (χ4v) is 6.01. The van der Waals surface area contributed by atoms with Gasteiger partial charge >= 0.3 is 0 Å². The van der Waals surface area contributed by atoms with Crippen molar-refractivity contribution in [1.82, 2.24) is 15.6 Å². The number of pyridine rings is 1. The molecule has 7 nitrogen and oxygen atoms in total. The molecule has 174 valence electrons. The Morgan fingerprint density at radius 3 is 2.76 bits per heavy atom. The molecule has 2 fully saturated rings. The number of hydrogen-bond donors (Lipinski definition) is 4. The number of amides is 2. The van der Waals surface area contributed by atoms with Crippen LogP contribution in [0.4, 0.5) is 10.2 Å². The fourth-order valence-electron chi connectivity index (χ4n) is 6.01. The lowest BCUT2D eigenvalue weighted by molar-refractivity contribution is -0.126. The fraction of sp³-hybridized carbons (Fsp3) is 0.480. The molecule has 0 radical (unpaired) electrons. The first-order valence-electron chi connectivity index (χ1n) is 11.6. The van der Waals surface area contributed by atoms with Crippen LogP contribution in [-0.2, 0) is 16.0 Å². The Balaban J connectivity index is 1.30. The Morgan fingerprint density at radius 1 is 1.21 bits per heavy atom. The molecule has 2 heterocycles. The molecule has 1 spiro atoms. The van der Waals surface area contributed by atoms with Crippen molar-refractivity contribution in [2.45, 2.75) is 62.6 Å². The molecule has 1 aromatic heterocycles. The Hall–Kier alpha value is -3.00. The van der Waals surface area contributed by atoms with E-state index in [1.807, 2.05) is 19.1 Å². The second-order valence-corrected chi connectivity index (χ2v) is 9.88. The average Bonchev–Trinajstić information content (AvgIpc) is 3.32. The molecule has 1 saturated carbocycles. The van der Waals surface area contributed by atoms with Gasteiger partial charge in [0.15, 0.2) is 0 Å². The van der Waals surface area contributed by atoms with Gasteiger partial charge in [-0.1, -0.05) is 31.2 Å². The van der Waals surface area contributed by atoms with Gasteiger partial charge in [-0.25, -0.2) is 9.37 Å². The molecule has 5 rings (SSSR count). The maximum Gasteiger partial charge on any atom is 0.234 e. The molecule has 3 aliphatic rings. The van der Waals surface area contributed by atoms with E-state index in [1.165, 1.54) is 6.07 Å². The lowest BCUT2D eigenvalue weighted by Gasteiger charge is -2.37. The van der Waals surface area contributed by atoms with E-state index in [0.29, 0.717) is 24.2 Å². The van der Waals surface area contributed by atoms with Crippen LogP contribution in [0.25, 0.3) is 0 Å². The molecule has 4 unspecified atom stereocenters. The Kier molecular flexibility index (Phi) is 5.35. The van der Waals surface area contributed by atoms with Crippen LogP contribution in [0.15, 0.2) is 36.4 Å². The van der Waals surface area contributed by atoms with Crippen LogP contribution >= 0.6 is 0 Å². The van der Waals surface area contributed by atoms with Gasteiger partial charge in [0.2, 0.25) is 11.8 Å². The number of rotatable bonds is 5. The molecule has 1 aliphatic heterocycles. The van der Waals surface area contributed by atoms with Crippen LogP contribution in [0.3, 0.4) is 0 Å². The van der Waals surface area contributed by atoms with Crippen molar-refractivity contribution in [2.75, 3.05) is 5.73 Å². The third kappa shape index (κ3) is 3.97. The van der Waals surface area contributed by atoms with E-state index in [0.717, 1.165) is 30.5 Å². The molecule has 2 aliphatic carbocycles. The number of primary amides is 1. The quantitative estimate of drug-likeness (QED) is 0.556. The highest BCUT2D eigenvalue weighted by atomic mass is 19.1. The summed E-state index contributed by atoms with van der Waals surface area (Å²) in [5, 5.41) is 6.61. The number of piperidine rings is 1. The zero-order chi connectivity index (χ0) is 23.3. The van der Waals surface area contributed by atoms with E-state index in [-0.39, 0.29) is 41.1 Å². The minimum Gasteiger partial charge on any atom is -0.384 e. The number of fused-ring (bicyclic) bond motifs is 1. The summed E-state index contributed by atoms with van der Waals surface area (Å²) in [7, 11) is 0. The smallest absolute Gasteiger partial charge is 0.234 e. The molecule has 33 heavy (non-hydrogen) atoms. The summed E-state index contributed by atoms with van der Waals surface area (Å²) in [6.07, 6.45) is 3.49. The molecule has 2 amide bonds. The number of carbonyl (C=O) groups excluding carboxylic acids is 2. The lowest BCUT2D eigenvalue weighted by Crippen LogP contribution is -2.54. The third-order valence-corrected chi connectivity index (χ3v) is 7.82. The summed E-state index contributed by atoms with van der Waals surface area (Å²) in [5.41, 5.74) is 13.6. The third-order valence-electron chi connectivity index (χ3n) is 7.82. The predicted octanol–water partition coefficient (Wildman–Crippen LogP) is 2.32. The number of anilines is 1. The SMILES string of the molecule is C[C@H](C(=O)N[C@@H]1CCc2nc(N)ccc21)C1CC12CC(c1ccccc1F)CC(C(N)=O)N2. The summed E-state index contributed by atoms with van der Waals surface area (Å²) < 4.78 is 14.5. The minimum atomic E-state index is -0.540. The van der Waals surface area contributed by atoms with Crippen LogP contribution in [-0.4, -0.2) is 28.4 Å². The van der Waals surface area contributed by atoms with Crippen molar-refractivity contribution < 1.29 is 14.0 Å². The van der Waals surface area contributed by atoms with Gasteiger partial charge in [-0.3, -0.25) is 14.9 Å². The number of nitrogen functional groups attached to an aromatic ring is 1. The second-order valence-electron chi connectivity index (χ2n) is 9.88. The highest BCUT2D eigenvalue weighted by molar-refractivity contribution is 5.81. The molecule has 0 bridgehead atoms. The van der Waals surface area contributed by atoms with E-state index in [1.54, 1.807) is 18.2 Å². The first kappa shape index (κ1) is 21.8. The Bertz CT molecular complexity index is 1110. The van der Waals surface area contributed by atoms with Crippen LogP contribution in [0.2, 0.25) is 0 Å². The lowest BCUT2D eigenvalue weighted by atomic mass is 9.79. The summed E-state index contributed by atoms with van der Waals surface area (Å²) in [5.74, 6) is -0.547. The Labute approximate surface area is 192 Å². The van der Waals surface area contributed by atoms with Gasteiger partial charge in [-0.15, -0.1) is 0 Å². The molecule has 1 saturated heterocycles. The molecule has 1 aromatic carbocycles. The van der Waals surface area contributed by atoms with Gasteiger partial charge in [0.1, 0.15) is 11.6 Å². The number of hydrogen-bond acceptors (Lipinski definition) is 5. The van der Waals surface area contributed by atoms with Crippen molar-refractivity contribution in [3.05, 3.63) is 59.0 Å². The number of aromatic nitrogens is 1. The number of nitrogens with two attached hydrogens (primary N) is 2. The normalized spacial score (nSPS) is 31.1. The van der Waals surface area contributed by atoms with Crippen molar-refractivity contribution in [1.29, 1.82) is 0 Å². The van der Waals surface area contributed by atoms with Crippen molar-refractivity contribution in [3.63, 3.8) is 0 Å². The average molecular weight is 452 g/mol. The number of carbonyl (C=O) groups is 2. The summed E-state index contributed by atoms with van der Waals surface area (Å²) in [6.45, 7) is 1.93. The van der Waals surface area contributed by atoms with Gasteiger partial charge in [0.25, 0.3) is 0 Å². The first-order valence-corrected chi connectivity index (χ1v) is 11.6. The summed E-state index contributed by atoms with van der Waals surface area (Å²) in [6, 6.07) is 9.81. The number of benzene rings is 1. The zero-order valence-corrected chi connectivity index (χ0v) is 18.7. The highest BCUT2D eigenvalue weighted by Crippen LogP contribution is 2.56. The van der Waals surface area contributed by atoms with Gasteiger partial charge in [0, 0.05) is 17.2 Å². The molecule has 8 heteroatoms. The largest absolute Gasteiger partial charge is 0.384 e. The molecule has 2 aromatic rings. The summed E-state index contributed by atoms with van der Waals surface area (Å²) >= 11 is 0. The van der Waals surface area contributed by atoms with Crippen molar-refractivity contribution in [2.24, 2.45) is 17.6 Å². The van der Waals surface area contributed by atoms with Crippen LogP contribution in [0, 0.1) is 17.7 Å². The number of aryl methyl sites for hydroxylation is 1. The van der Waals surface area contributed by atoms with Gasteiger partial charge in [-0.05, 0) is 67.2 Å². The van der Waals surface area contributed by atoms with Gasteiger partial charge in [0.05, 0.1) is 12.1 Å². The monoisotopic (exact) mass is 451 g/mol. The zero-order valence-electron chi connectivity index (χ0n) is 18.7. The van der Waals surface area contributed by atoms with E-state index < -0.39 is 11.9 Å². The van der Waals surface area contributed by atoms with Crippen molar-refractivity contribution in [3.8, 4) is 0 Å². The molecular formula is C25H30FN5O2. The molecule has 6 atom stereocenters. The number of nitrogens with zero attached hydrogens (tertiary/aromatic N) is 1. The highest BCUT2D eigenvalue weighted by Gasteiger charge is 2.61. The maximum absolute atomic E-state index is 14.5. The standard InChI is InChI=1S/C25H30FN5O2/c1-13(24(33)30-20-8-7-19-16(20)6-9-22(27)29-19)17-12-25(17)11-14(10-21(31-25)23(28)32)15-4-2-3-5-18(15)26/h2-6,9,13-14,17,20-21,31H,7-8,10-12H2,1H3,(H2,27,29)(H2,28,32)(H,30,33)/t13-,14?,17?,20+,21?,25?/m0/s1. The molecular weight excluding hydrogens is 421 g/mol. The minimum absolute atomic E-state index is 0.0167. The van der Waals surface area contributed by atoms with E-state index in [2.05, 4.69) is 15.6 Å². The number of halogens is 1. The van der Waals surface area contributed by atoms with Crippen LogP contribution in [0.1, 0.15) is 61.4 Å². The van der Waals surface area contributed by atoms with Gasteiger partial charge < -0.3 is 16.8 Å². The van der Waals surface area contributed by atoms with E-state index >= 15 is 0 Å². The van der Waals surface area contributed by atoms with Gasteiger partial charge in [-0.2, -0.15) is 0 Å². The van der Waals surface area contributed by atoms with Crippen molar-refractivity contribution >= 4 is 17.6 Å². The maximum atomic E-state index is 14.5. The second kappa shape index (κ2) is 8.09. The van der Waals surface area contributed by atoms with Crippen LogP contribution < -0.4 is 22.1 Å². The predicted molar refractivity (Wildman–Crippen MR) is 122 cm³/mol. The number of nitrogens with one attached hydrogen (secondary N) is 2. The Morgan fingerprint density at radius 2 is 2.00 bits per heavy atom. The van der Waals surface area contributed by atoms with E-state index in [9.17, 15) is 14.0 Å². The topological polar surface area (TPSA) is 123 Å². The first-order chi connectivity index (χ1) is 15.8. The molecule has 6 N–H and O–H groups in total.